The number of hydrogen-bond donors (Lipinski definition) is 2. The lowest BCUT2D eigenvalue weighted by molar-refractivity contribution is -0.137. The zero-order chi connectivity index (χ0) is 24.2. The van der Waals surface area contributed by atoms with E-state index in [0.717, 1.165) is 23.9 Å². The molecule has 0 saturated carbocycles. The van der Waals surface area contributed by atoms with Gasteiger partial charge in [-0.15, -0.1) is 0 Å². The Labute approximate surface area is 189 Å². The highest BCUT2D eigenvalue weighted by molar-refractivity contribution is 7.89. The van der Waals surface area contributed by atoms with Crippen LogP contribution in [-0.2, 0) is 27.5 Å². The normalized spacial score (nSPS) is 13.2. The number of carbonyl (C=O) groups is 1. The molecule has 1 heterocycles. The van der Waals surface area contributed by atoms with Crippen LogP contribution in [0.2, 0.25) is 0 Å². The zero-order valence-electron chi connectivity index (χ0n) is 17.9. The highest BCUT2D eigenvalue weighted by Crippen LogP contribution is 2.30. The third-order valence-electron chi connectivity index (χ3n) is 4.83. The smallest absolute Gasteiger partial charge is 0.351 e. The number of carbonyl (C=O) groups excluding carboxylic acids is 1. The van der Waals surface area contributed by atoms with Gasteiger partial charge in [-0.2, -0.15) is 23.0 Å². The lowest BCUT2D eigenvalue weighted by atomic mass is 10.1. The molecule has 0 saturated heterocycles. The van der Waals surface area contributed by atoms with Gasteiger partial charge < -0.3 is 5.32 Å². The summed E-state index contributed by atoms with van der Waals surface area (Å²) in [5, 5.41) is 6.89. The Kier molecular flexibility index (Phi) is 7.23. The summed E-state index contributed by atoms with van der Waals surface area (Å²) >= 11 is 0. The largest absolute Gasteiger partial charge is 0.416 e. The molecule has 0 radical (unpaired) electrons. The van der Waals surface area contributed by atoms with Crippen molar-refractivity contribution in [3.8, 4) is 5.69 Å². The predicted molar refractivity (Wildman–Crippen MR) is 116 cm³/mol. The van der Waals surface area contributed by atoms with Crippen LogP contribution in [0.5, 0.6) is 0 Å². The van der Waals surface area contributed by atoms with Gasteiger partial charge in [-0.3, -0.25) is 4.79 Å². The molecule has 33 heavy (non-hydrogen) atoms. The molecular formula is C22H23F3N4O3S. The Hall–Kier alpha value is -3.18. The van der Waals surface area contributed by atoms with Crippen molar-refractivity contribution >= 4 is 15.9 Å². The van der Waals surface area contributed by atoms with Crippen LogP contribution < -0.4 is 10.0 Å². The quantitative estimate of drug-likeness (QED) is 0.516. The molecule has 2 N–H and O–H groups in total. The summed E-state index contributed by atoms with van der Waals surface area (Å²) in [5.74, 6) is -1.06. The Balaban J connectivity index is 1.70. The first kappa shape index (κ1) is 24.5. The number of benzene rings is 2. The first-order valence-corrected chi connectivity index (χ1v) is 11.5. The van der Waals surface area contributed by atoms with Crippen LogP contribution in [0.25, 0.3) is 5.69 Å². The van der Waals surface area contributed by atoms with Crippen LogP contribution in [-0.4, -0.2) is 30.1 Å². The minimum atomic E-state index is -4.69. The van der Waals surface area contributed by atoms with E-state index in [-0.39, 0.29) is 6.54 Å². The number of aromatic nitrogens is 2. The molecule has 0 aliphatic rings. The number of hydrogen-bond acceptors (Lipinski definition) is 4. The van der Waals surface area contributed by atoms with E-state index in [4.69, 9.17) is 0 Å². The molecule has 1 atom stereocenters. The van der Waals surface area contributed by atoms with Crippen LogP contribution in [0, 0.1) is 5.92 Å². The van der Waals surface area contributed by atoms with Crippen molar-refractivity contribution < 1.29 is 26.4 Å². The minimum absolute atomic E-state index is 0.0974. The lowest BCUT2D eigenvalue weighted by Gasteiger charge is -2.22. The van der Waals surface area contributed by atoms with E-state index in [1.165, 1.54) is 0 Å². The summed E-state index contributed by atoms with van der Waals surface area (Å²) in [5.41, 5.74) is 0.436. The molecule has 3 rings (SSSR count). The highest BCUT2D eigenvalue weighted by Gasteiger charge is 2.33. The fraction of sp³-hybridized carbons (Fsp3) is 0.273. The van der Waals surface area contributed by atoms with Crippen molar-refractivity contribution in [3.63, 3.8) is 0 Å². The first-order valence-electron chi connectivity index (χ1n) is 10.0. The van der Waals surface area contributed by atoms with Gasteiger partial charge in [0.1, 0.15) is 6.04 Å². The standard InChI is InChI=1S/C22H23F3N4O3S/c1-15(2)20(28-33(31,32)19-10-6-7-17(11-19)22(23,24)25)21(30)26-12-16-13-27-29(14-16)18-8-4-3-5-9-18/h3-11,13-15,20,28H,12H2,1-2H3,(H,26,30)/t20-/m1/s1. The van der Waals surface area contributed by atoms with Crippen LogP contribution in [0.4, 0.5) is 13.2 Å². The predicted octanol–water partition coefficient (Wildman–Crippen LogP) is 3.51. The number of rotatable bonds is 8. The summed E-state index contributed by atoms with van der Waals surface area (Å²) in [7, 11) is -4.37. The zero-order valence-corrected chi connectivity index (χ0v) is 18.7. The first-order chi connectivity index (χ1) is 15.5. The molecule has 0 aliphatic heterocycles. The monoisotopic (exact) mass is 480 g/mol. The van der Waals surface area contributed by atoms with Gasteiger partial charge in [-0.1, -0.05) is 38.1 Å². The van der Waals surface area contributed by atoms with E-state index in [1.807, 2.05) is 30.3 Å². The molecule has 7 nitrogen and oxygen atoms in total. The molecule has 176 valence electrons. The van der Waals surface area contributed by atoms with Gasteiger partial charge in [0.25, 0.3) is 0 Å². The van der Waals surface area contributed by atoms with Crippen molar-refractivity contribution in [1.82, 2.24) is 19.8 Å². The van der Waals surface area contributed by atoms with Crippen LogP contribution in [0.3, 0.4) is 0 Å². The maximum absolute atomic E-state index is 13.0. The van der Waals surface area contributed by atoms with Crippen LogP contribution in [0.15, 0.2) is 71.9 Å². The van der Waals surface area contributed by atoms with Crippen LogP contribution >= 0.6 is 0 Å². The topological polar surface area (TPSA) is 93.1 Å². The average Bonchev–Trinajstić information content (AvgIpc) is 3.25. The lowest BCUT2D eigenvalue weighted by Crippen LogP contribution is -2.49. The van der Waals surface area contributed by atoms with E-state index >= 15 is 0 Å². The minimum Gasteiger partial charge on any atom is -0.351 e. The van der Waals surface area contributed by atoms with E-state index in [2.05, 4.69) is 15.1 Å². The maximum atomic E-state index is 13.0. The van der Waals surface area contributed by atoms with Gasteiger partial charge in [-0.25, -0.2) is 13.1 Å². The summed E-state index contributed by atoms with van der Waals surface area (Å²) in [4.78, 5) is 12.2. The Morgan fingerprint density at radius 2 is 1.79 bits per heavy atom. The number of alkyl halides is 3. The number of nitrogens with zero attached hydrogens (tertiary/aromatic N) is 2. The number of sulfonamides is 1. The van der Waals surface area contributed by atoms with Gasteiger partial charge in [0.05, 0.1) is 22.3 Å². The second kappa shape index (κ2) is 9.75. The van der Waals surface area contributed by atoms with E-state index < -0.39 is 44.5 Å². The number of halogens is 3. The molecule has 3 aromatic rings. The fourth-order valence-corrected chi connectivity index (χ4v) is 4.43. The van der Waals surface area contributed by atoms with E-state index in [1.54, 1.807) is 30.9 Å². The second-order valence-electron chi connectivity index (χ2n) is 7.72. The molecule has 0 bridgehead atoms. The summed E-state index contributed by atoms with van der Waals surface area (Å²) in [6, 6.07) is 11.5. The van der Waals surface area contributed by atoms with Gasteiger partial charge in [0.2, 0.25) is 15.9 Å². The number of nitrogens with one attached hydrogen (secondary N) is 2. The Morgan fingerprint density at radius 3 is 2.42 bits per heavy atom. The highest BCUT2D eigenvalue weighted by atomic mass is 32.2. The maximum Gasteiger partial charge on any atom is 0.416 e. The summed E-state index contributed by atoms with van der Waals surface area (Å²) in [6.07, 6.45) is -1.39. The Bertz CT molecular complexity index is 1210. The second-order valence-corrected chi connectivity index (χ2v) is 9.43. The summed E-state index contributed by atoms with van der Waals surface area (Å²) in [6.45, 7) is 3.36. The molecule has 0 unspecified atom stereocenters. The van der Waals surface area contributed by atoms with Crippen molar-refractivity contribution in [2.45, 2.75) is 37.5 Å². The molecule has 1 aromatic heterocycles. The van der Waals surface area contributed by atoms with Gasteiger partial charge in [0.15, 0.2) is 0 Å². The molecular weight excluding hydrogens is 457 g/mol. The number of amides is 1. The molecule has 0 spiro atoms. The SMILES string of the molecule is CC(C)[C@@H](NS(=O)(=O)c1cccc(C(F)(F)F)c1)C(=O)NCc1cnn(-c2ccccc2)c1. The van der Waals surface area contributed by atoms with Gasteiger partial charge in [-0.05, 0) is 36.2 Å². The third kappa shape index (κ3) is 6.20. The Morgan fingerprint density at radius 1 is 1.09 bits per heavy atom. The van der Waals surface area contributed by atoms with Gasteiger partial charge >= 0.3 is 6.18 Å². The van der Waals surface area contributed by atoms with Crippen molar-refractivity contribution in [3.05, 3.63) is 78.1 Å². The molecule has 2 aromatic carbocycles. The van der Waals surface area contributed by atoms with Crippen molar-refractivity contribution in [1.29, 1.82) is 0 Å². The molecule has 11 heteroatoms. The molecule has 0 aliphatic carbocycles. The van der Waals surface area contributed by atoms with Crippen molar-refractivity contribution in [2.24, 2.45) is 5.92 Å². The van der Waals surface area contributed by atoms with Crippen molar-refractivity contribution in [2.75, 3.05) is 0 Å². The average molecular weight is 481 g/mol. The van der Waals surface area contributed by atoms with Crippen LogP contribution in [0.1, 0.15) is 25.0 Å². The van der Waals surface area contributed by atoms with Gasteiger partial charge in [0, 0.05) is 18.3 Å². The van der Waals surface area contributed by atoms with E-state index in [0.29, 0.717) is 11.6 Å². The fourth-order valence-electron chi connectivity index (χ4n) is 3.04. The molecule has 1 amide bonds. The number of para-hydroxylation sites is 1. The van der Waals surface area contributed by atoms with E-state index in [9.17, 15) is 26.4 Å². The summed E-state index contributed by atoms with van der Waals surface area (Å²) < 4.78 is 68.1. The molecule has 0 fully saturated rings. The third-order valence-corrected chi connectivity index (χ3v) is 6.27.